The number of anilines is 1. The van der Waals surface area contributed by atoms with Gasteiger partial charge in [0, 0.05) is 24.7 Å². The summed E-state index contributed by atoms with van der Waals surface area (Å²) in [6, 6.07) is 3.77. The molecular weight excluding hydrogens is 276 g/mol. The van der Waals surface area contributed by atoms with Crippen LogP contribution >= 0.6 is 0 Å². The average molecular weight is 292 g/mol. The van der Waals surface area contributed by atoms with Crippen LogP contribution in [0.5, 0.6) is 0 Å². The molecule has 0 bridgehead atoms. The molecule has 8 heteroatoms. The number of nitrogens with one attached hydrogen (secondary N) is 1. The quantitative estimate of drug-likeness (QED) is 0.612. The third kappa shape index (κ3) is 3.47. The van der Waals surface area contributed by atoms with E-state index in [4.69, 9.17) is 5.73 Å². The van der Waals surface area contributed by atoms with Crippen LogP contribution in [0.1, 0.15) is 23.2 Å². The first-order chi connectivity index (χ1) is 9.99. The van der Waals surface area contributed by atoms with Crippen molar-refractivity contribution in [1.82, 2.24) is 4.90 Å². The van der Waals surface area contributed by atoms with Gasteiger partial charge in [-0.2, -0.15) is 0 Å². The molecule has 1 aromatic rings. The zero-order valence-corrected chi connectivity index (χ0v) is 11.4. The van der Waals surface area contributed by atoms with Crippen LogP contribution in [0.15, 0.2) is 18.2 Å². The molecule has 21 heavy (non-hydrogen) atoms. The van der Waals surface area contributed by atoms with Gasteiger partial charge in [-0.05, 0) is 25.0 Å². The van der Waals surface area contributed by atoms with Crippen LogP contribution in [0.25, 0.3) is 0 Å². The molecule has 8 nitrogen and oxygen atoms in total. The monoisotopic (exact) mass is 292 g/mol. The molecule has 0 spiro atoms. The Bertz CT molecular complexity index is 582. The van der Waals surface area contributed by atoms with Gasteiger partial charge >= 0.3 is 0 Å². The number of rotatable bonds is 5. The van der Waals surface area contributed by atoms with Crippen LogP contribution in [0.3, 0.4) is 0 Å². The van der Waals surface area contributed by atoms with Crippen LogP contribution in [0.4, 0.5) is 11.4 Å². The van der Waals surface area contributed by atoms with Crippen LogP contribution in [0.2, 0.25) is 0 Å². The summed E-state index contributed by atoms with van der Waals surface area (Å²) in [6.07, 6.45) is 1.95. The average Bonchev–Trinajstić information content (AvgIpc) is 2.98. The first kappa shape index (κ1) is 14.8. The molecule has 0 aromatic heterocycles. The second-order valence-corrected chi connectivity index (χ2v) is 4.79. The van der Waals surface area contributed by atoms with Crippen LogP contribution in [-0.4, -0.2) is 41.3 Å². The number of nitrogens with two attached hydrogens (primary N) is 1. The maximum Gasteiger partial charge on any atom is 0.292 e. The number of nitrogens with zero attached hydrogens (tertiary/aromatic N) is 2. The number of hydrogen-bond acceptors (Lipinski definition) is 5. The molecule has 0 aliphatic carbocycles. The van der Waals surface area contributed by atoms with Crippen molar-refractivity contribution >= 4 is 23.2 Å². The van der Waals surface area contributed by atoms with Crippen molar-refractivity contribution in [3.63, 3.8) is 0 Å². The minimum Gasteiger partial charge on any atom is -0.371 e. The number of carbonyl (C=O) groups is 2. The number of amides is 2. The Morgan fingerprint density at radius 1 is 1.33 bits per heavy atom. The van der Waals surface area contributed by atoms with Gasteiger partial charge in [-0.1, -0.05) is 0 Å². The van der Waals surface area contributed by atoms with E-state index in [-0.39, 0.29) is 29.4 Å². The normalized spacial score (nSPS) is 14.0. The number of hydrogen-bond donors (Lipinski definition) is 2. The molecular formula is C13H16N4O4. The summed E-state index contributed by atoms with van der Waals surface area (Å²) in [7, 11) is 0. The second-order valence-electron chi connectivity index (χ2n) is 4.79. The Hall–Kier alpha value is -2.64. The maximum absolute atomic E-state index is 11.9. The molecule has 2 rings (SSSR count). The van der Waals surface area contributed by atoms with Crippen LogP contribution < -0.4 is 11.1 Å². The largest absolute Gasteiger partial charge is 0.371 e. The first-order valence-corrected chi connectivity index (χ1v) is 6.59. The van der Waals surface area contributed by atoms with Gasteiger partial charge in [0.15, 0.2) is 0 Å². The number of nitro benzene ring substituents is 1. The third-order valence-electron chi connectivity index (χ3n) is 3.37. The molecule has 1 heterocycles. The smallest absolute Gasteiger partial charge is 0.292 e. The van der Waals surface area contributed by atoms with E-state index < -0.39 is 10.8 Å². The Kier molecular flexibility index (Phi) is 4.36. The Balaban J connectivity index is 2.12. The van der Waals surface area contributed by atoms with Gasteiger partial charge in [-0.15, -0.1) is 0 Å². The van der Waals surface area contributed by atoms with Crippen LogP contribution in [-0.2, 0) is 4.79 Å². The lowest BCUT2D eigenvalue weighted by Gasteiger charge is -2.16. The Morgan fingerprint density at radius 2 is 2.00 bits per heavy atom. The molecule has 0 unspecified atom stereocenters. The van der Waals surface area contributed by atoms with Crippen molar-refractivity contribution < 1.29 is 14.5 Å². The van der Waals surface area contributed by atoms with Gasteiger partial charge in [0.2, 0.25) is 11.8 Å². The Morgan fingerprint density at radius 3 is 2.57 bits per heavy atom. The van der Waals surface area contributed by atoms with E-state index in [1.807, 2.05) is 0 Å². The van der Waals surface area contributed by atoms with E-state index >= 15 is 0 Å². The number of carbonyl (C=O) groups excluding carboxylic acids is 2. The summed E-state index contributed by atoms with van der Waals surface area (Å²) in [6.45, 7) is 1.37. The highest BCUT2D eigenvalue weighted by Gasteiger charge is 2.20. The van der Waals surface area contributed by atoms with E-state index in [1.54, 1.807) is 4.90 Å². The minimum absolute atomic E-state index is 0.0525. The lowest BCUT2D eigenvalue weighted by Crippen LogP contribution is -2.33. The highest BCUT2D eigenvalue weighted by Crippen LogP contribution is 2.25. The zero-order chi connectivity index (χ0) is 15.4. The third-order valence-corrected chi connectivity index (χ3v) is 3.37. The topological polar surface area (TPSA) is 119 Å². The lowest BCUT2D eigenvalue weighted by atomic mass is 10.1. The van der Waals surface area contributed by atoms with Gasteiger partial charge in [-0.3, -0.25) is 19.7 Å². The zero-order valence-electron chi connectivity index (χ0n) is 11.4. The fourth-order valence-electron chi connectivity index (χ4n) is 2.24. The van der Waals surface area contributed by atoms with Crippen molar-refractivity contribution in [1.29, 1.82) is 0 Å². The van der Waals surface area contributed by atoms with Crippen LogP contribution in [0, 0.1) is 10.1 Å². The van der Waals surface area contributed by atoms with Gasteiger partial charge in [0.1, 0.15) is 5.69 Å². The van der Waals surface area contributed by atoms with Crippen molar-refractivity contribution in [2.24, 2.45) is 5.73 Å². The highest BCUT2D eigenvalue weighted by atomic mass is 16.6. The van der Waals surface area contributed by atoms with E-state index in [0.717, 1.165) is 12.8 Å². The molecule has 0 radical (unpaired) electrons. The molecule has 1 fully saturated rings. The predicted octanol–water partition coefficient (Wildman–Crippen LogP) is 0.728. The second kappa shape index (κ2) is 6.21. The minimum atomic E-state index is -0.682. The number of benzene rings is 1. The molecule has 2 amide bonds. The predicted molar refractivity (Wildman–Crippen MR) is 75.9 cm³/mol. The van der Waals surface area contributed by atoms with Gasteiger partial charge < -0.3 is 16.0 Å². The van der Waals surface area contributed by atoms with E-state index in [1.165, 1.54) is 18.2 Å². The lowest BCUT2D eigenvalue weighted by molar-refractivity contribution is -0.383. The molecule has 1 saturated heterocycles. The van der Waals surface area contributed by atoms with E-state index in [2.05, 4.69) is 5.32 Å². The summed E-state index contributed by atoms with van der Waals surface area (Å²) in [5, 5.41) is 13.7. The summed E-state index contributed by atoms with van der Waals surface area (Å²) in [4.78, 5) is 35.1. The van der Waals surface area contributed by atoms with Crippen molar-refractivity contribution in [3.8, 4) is 0 Å². The van der Waals surface area contributed by atoms with Crippen molar-refractivity contribution in [2.45, 2.75) is 12.8 Å². The molecule has 1 aliphatic rings. The summed E-state index contributed by atoms with van der Waals surface area (Å²) < 4.78 is 0. The SMILES string of the molecule is NC(=O)c1ccc([N+](=O)[O-])c(NCC(=O)N2CCCC2)c1. The number of primary amides is 1. The molecule has 1 aliphatic heterocycles. The van der Waals surface area contributed by atoms with Gasteiger partial charge in [0.05, 0.1) is 11.5 Å². The number of likely N-dealkylation sites (tertiary alicyclic amines) is 1. The Labute approximate surface area is 121 Å². The van der Waals surface area contributed by atoms with Crippen molar-refractivity contribution in [3.05, 3.63) is 33.9 Å². The molecule has 0 atom stereocenters. The fraction of sp³-hybridized carbons (Fsp3) is 0.385. The fourth-order valence-corrected chi connectivity index (χ4v) is 2.24. The maximum atomic E-state index is 11.9. The molecule has 1 aromatic carbocycles. The summed E-state index contributed by atoms with van der Waals surface area (Å²) in [5.74, 6) is -0.801. The highest BCUT2D eigenvalue weighted by molar-refractivity contribution is 5.95. The van der Waals surface area contributed by atoms with E-state index in [9.17, 15) is 19.7 Å². The van der Waals surface area contributed by atoms with Gasteiger partial charge in [0.25, 0.3) is 5.69 Å². The standard InChI is InChI=1S/C13H16N4O4/c14-13(19)9-3-4-11(17(20)21)10(7-9)15-8-12(18)16-5-1-2-6-16/h3-4,7,15H,1-2,5-6,8H2,(H2,14,19). The molecule has 0 saturated carbocycles. The van der Waals surface area contributed by atoms with Gasteiger partial charge in [-0.25, -0.2) is 0 Å². The summed E-state index contributed by atoms with van der Waals surface area (Å²) >= 11 is 0. The number of nitro groups is 1. The van der Waals surface area contributed by atoms with Crippen molar-refractivity contribution in [2.75, 3.05) is 25.0 Å². The first-order valence-electron chi connectivity index (χ1n) is 6.59. The molecule has 3 N–H and O–H groups in total. The van der Waals surface area contributed by atoms with E-state index in [0.29, 0.717) is 13.1 Å². The molecule has 112 valence electrons. The summed E-state index contributed by atoms with van der Waals surface area (Å²) in [5.41, 5.74) is 5.22.